The molecule has 0 saturated heterocycles. The van der Waals surface area contributed by atoms with Crippen LogP contribution < -0.4 is 0 Å². The first-order valence-corrected chi connectivity index (χ1v) is 9.12. The van der Waals surface area contributed by atoms with Crippen LogP contribution in [0.5, 0.6) is 0 Å². The van der Waals surface area contributed by atoms with Crippen molar-refractivity contribution in [2.75, 3.05) is 7.11 Å². The van der Waals surface area contributed by atoms with Gasteiger partial charge >= 0.3 is 5.97 Å². The maximum Gasteiger partial charge on any atom is 0.357 e. The molecule has 8 heteroatoms. The molecule has 0 saturated carbocycles. The number of hydrogen-bond donors (Lipinski definition) is 0. The third-order valence-electron chi connectivity index (χ3n) is 4.62. The monoisotopic (exact) mass is 391 g/mol. The highest BCUT2D eigenvalue weighted by Crippen LogP contribution is 2.26. The van der Waals surface area contributed by atoms with E-state index in [1.165, 1.54) is 13.2 Å². The van der Waals surface area contributed by atoms with Gasteiger partial charge in [-0.25, -0.2) is 28.8 Å². The first-order chi connectivity index (χ1) is 14.1. The molecule has 3 heterocycles. The van der Waals surface area contributed by atoms with Gasteiger partial charge in [0, 0.05) is 23.5 Å². The topological polar surface area (TPSA) is 82.8 Å². The SMILES string of the molecule is CCc1cnc(-c2nn(Cc3ccccc3F)c3ncccc23)nc1C(=O)OC. The van der Waals surface area contributed by atoms with Crippen molar-refractivity contribution in [3.8, 4) is 11.5 Å². The fraction of sp³-hybridized carbons (Fsp3) is 0.190. The van der Waals surface area contributed by atoms with Gasteiger partial charge in [-0.05, 0) is 24.6 Å². The molecule has 0 atom stereocenters. The highest BCUT2D eigenvalue weighted by molar-refractivity contribution is 5.92. The fourth-order valence-electron chi connectivity index (χ4n) is 3.13. The van der Waals surface area contributed by atoms with Crippen molar-refractivity contribution in [1.82, 2.24) is 24.7 Å². The maximum absolute atomic E-state index is 14.1. The number of carbonyl (C=O) groups is 1. The van der Waals surface area contributed by atoms with E-state index >= 15 is 0 Å². The lowest BCUT2D eigenvalue weighted by molar-refractivity contribution is 0.0592. The molecule has 0 unspecified atom stereocenters. The predicted molar refractivity (Wildman–Crippen MR) is 105 cm³/mol. The number of benzene rings is 1. The molecule has 4 rings (SSSR count). The minimum absolute atomic E-state index is 0.205. The van der Waals surface area contributed by atoms with Crippen molar-refractivity contribution in [1.29, 1.82) is 0 Å². The van der Waals surface area contributed by atoms with Crippen molar-refractivity contribution < 1.29 is 13.9 Å². The van der Waals surface area contributed by atoms with Gasteiger partial charge in [0.15, 0.2) is 17.2 Å². The van der Waals surface area contributed by atoms with Gasteiger partial charge in [-0.3, -0.25) is 0 Å². The van der Waals surface area contributed by atoms with Gasteiger partial charge in [-0.15, -0.1) is 0 Å². The van der Waals surface area contributed by atoms with Crippen LogP contribution >= 0.6 is 0 Å². The van der Waals surface area contributed by atoms with Crippen LogP contribution in [-0.4, -0.2) is 37.8 Å². The first kappa shape index (κ1) is 18.7. The van der Waals surface area contributed by atoms with Gasteiger partial charge in [0.05, 0.1) is 19.0 Å². The Morgan fingerprint density at radius 3 is 2.72 bits per heavy atom. The summed E-state index contributed by atoms with van der Waals surface area (Å²) in [6.45, 7) is 2.12. The number of fused-ring (bicyclic) bond motifs is 1. The van der Waals surface area contributed by atoms with E-state index in [9.17, 15) is 9.18 Å². The number of methoxy groups -OCH3 is 1. The summed E-state index contributed by atoms with van der Waals surface area (Å²) in [6.07, 6.45) is 3.84. The summed E-state index contributed by atoms with van der Waals surface area (Å²) in [7, 11) is 1.31. The lowest BCUT2D eigenvalue weighted by Gasteiger charge is -2.06. The van der Waals surface area contributed by atoms with Gasteiger partial charge < -0.3 is 4.74 Å². The van der Waals surface area contributed by atoms with E-state index in [0.717, 1.165) is 0 Å². The molecule has 4 aromatic rings. The Bertz CT molecular complexity index is 1200. The van der Waals surface area contributed by atoms with E-state index in [1.54, 1.807) is 41.3 Å². The van der Waals surface area contributed by atoms with Crippen LogP contribution in [0, 0.1) is 5.82 Å². The largest absolute Gasteiger partial charge is 0.464 e. The molecule has 0 aliphatic rings. The molecule has 0 N–H and O–H groups in total. The van der Waals surface area contributed by atoms with Crippen LogP contribution in [0.25, 0.3) is 22.6 Å². The number of ether oxygens (including phenoxy) is 1. The summed E-state index contributed by atoms with van der Waals surface area (Å²) < 4.78 is 20.6. The molecule has 0 aliphatic carbocycles. The second-order valence-electron chi connectivity index (χ2n) is 6.38. The van der Waals surface area contributed by atoms with Crippen LogP contribution in [0.3, 0.4) is 0 Å². The Labute approximate surface area is 166 Å². The molecule has 0 spiro atoms. The number of pyridine rings is 1. The Hall–Kier alpha value is -3.68. The molecule has 0 bridgehead atoms. The number of carbonyl (C=O) groups excluding carboxylic acids is 1. The van der Waals surface area contributed by atoms with E-state index < -0.39 is 5.97 Å². The highest BCUT2D eigenvalue weighted by Gasteiger charge is 2.20. The third kappa shape index (κ3) is 3.44. The number of rotatable bonds is 5. The van der Waals surface area contributed by atoms with E-state index in [0.29, 0.717) is 34.3 Å². The van der Waals surface area contributed by atoms with Crippen molar-refractivity contribution in [3.63, 3.8) is 0 Å². The van der Waals surface area contributed by atoms with Crippen LogP contribution in [0.1, 0.15) is 28.5 Å². The minimum atomic E-state index is -0.529. The summed E-state index contributed by atoms with van der Waals surface area (Å²) in [6, 6.07) is 10.1. The van der Waals surface area contributed by atoms with Crippen LogP contribution in [0.15, 0.2) is 48.8 Å². The number of hydrogen-bond acceptors (Lipinski definition) is 6. The lowest BCUT2D eigenvalue weighted by atomic mass is 10.1. The van der Waals surface area contributed by atoms with Gasteiger partial charge in [-0.1, -0.05) is 25.1 Å². The van der Waals surface area contributed by atoms with Crippen molar-refractivity contribution in [3.05, 3.63) is 71.4 Å². The number of aromatic nitrogens is 5. The summed E-state index contributed by atoms with van der Waals surface area (Å²) in [4.78, 5) is 25.3. The summed E-state index contributed by atoms with van der Waals surface area (Å²) >= 11 is 0. The fourth-order valence-corrected chi connectivity index (χ4v) is 3.13. The van der Waals surface area contributed by atoms with Crippen LogP contribution in [0.2, 0.25) is 0 Å². The van der Waals surface area contributed by atoms with Crippen LogP contribution in [0.4, 0.5) is 4.39 Å². The first-order valence-electron chi connectivity index (χ1n) is 9.12. The predicted octanol–water partition coefficient (Wildman–Crippen LogP) is 3.42. The Morgan fingerprint density at radius 1 is 1.14 bits per heavy atom. The molecule has 3 aromatic heterocycles. The number of esters is 1. The van der Waals surface area contributed by atoms with Crippen molar-refractivity contribution in [2.45, 2.75) is 19.9 Å². The highest BCUT2D eigenvalue weighted by atomic mass is 19.1. The van der Waals surface area contributed by atoms with Gasteiger partial charge in [0.1, 0.15) is 11.5 Å². The molecule has 1 aromatic carbocycles. The second kappa shape index (κ2) is 7.75. The number of nitrogens with zero attached hydrogens (tertiary/aromatic N) is 5. The Morgan fingerprint density at radius 2 is 1.97 bits per heavy atom. The molecular formula is C21H18FN5O2. The molecule has 0 fully saturated rings. The zero-order valence-corrected chi connectivity index (χ0v) is 16.0. The van der Waals surface area contributed by atoms with E-state index in [4.69, 9.17) is 4.74 Å². The molecular weight excluding hydrogens is 373 g/mol. The number of halogens is 1. The molecule has 7 nitrogen and oxygen atoms in total. The average Bonchev–Trinajstić information content (AvgIpc) is 3.13. The van der Waals surface area contributed by atoms with E-state index in [2.05, 4.69) is 20.1 Å². The summed E-state index contributed by atoms with van der Waals surface area (Å²) in [5.41, 5.74) is 2.44. The lowest BCUT2D eigenvalue weighted by Crippen LogP contribution is -2.10. The third-order valence-corrected chi connectivity index (χ3v) is 4.62. The molecule has 146 valence electrons. The number of aryl methyl sites for hydroxylation is 1. The average molecular weight is 391 g/mol. The second-order valence-corrected chi connectivity index (χ2v) is 6.38. The van der Waals surface area contributed by atoms with Gasteiger partial charge in [0.2, 0.25) is 0 Å². The molecule has 0 amide bonds. The standard InChI is InChI=1S/C21H18FN5O2/c1-3-13-11-24-19(25-17(13)21(28)29-2)18-15-8-6-10-23-20(15)27(26-18)12-14-7-4-5-9-16(14)22/h4-11H,3,12H2,1-2H3. The van der Waals surface area contributed by atoms with E-state index in [1.807, 2.05) is 13.0 Å². The molecule has 0 radical (unpaired) electrons. The Balaban J connectivity index is 1.85. The quantitative estimate of drug-likeness (QED) is 0.485. The Kier molecular flexibility index (Phi) is 4.99. The maximum atomic E-state index is 14.1. The van der Waals surface area contributed by atoms with Gasteiger partial charge in [0.25, 0.3) is 0 Å². The smallest absolute Gasteiger partial charge is 0.357 e. The normalized spacial score (nSPS) is 11.0. The zero-order valence-electron chi connectivity index (χ0n) is 16.0. The van der Waals surface area contributed by atoms with Crippen LogP contribution in [-0.2, 0) is 17.7 Å². The van der Waals surface area contributed by atoms with Gasteiger partial charge in [-0.2, -0.15) is 5.10 Å². The summed E-state index contributed by atoms with van der Waals surface area (Å²) in [5.74, 6) is -0.559. The molecule has 29 heavy (non-hydrogen) atoms. The zero-order chi connectivity index (χ0) is 20.4. The summed E-state index contributed by atoms with van der Waals surface area (Å²) in [5, 5.41) is 5.30. The van der Waals surface area contributed by atoms with Crippen molar-refractivity contribution in [2.24, 2.45) is 0 Å². The molecule has 0 aliphatic heterocycles. The van der Waals surface area contributed by atoms with E-state index in [-0.39, 0.29) is 23.9 Å². The van der Waals surface area contributed by atoms with Crippen molar-refractivity contribution >= 4 is 17.0 Å². The minimum Gasteiger partial charge on any atom is -0.464 e.